The van der Waals surface area contributed by atoms with Crippen molar-refractivity contribution in [3.05, 3.63) is 93.9 Å². The Morgan fingerprint density at radius 2 is 1.63 bits per heavy atom. The molecule has 1 heterocycles. The molecule has 0 saturated heterocycles. The lowest BCUT2D eigenvalue weighted by Crippen LogP contribution is -2.13. The van der Waals surface area contributed by atoms with Crippen LogP contribution in [-0.4, -0.2) is 10.9 Å². The van der Waals surface area contributed by atoms with Gasteiger partial charge in [-0.25, -0.2) is 4.98 Å². The van der Waals surface area contributed by atoms with Crippen LogP contribution >= 0.6 is 27.5 Å². The number of nitrogens with one attached hydrogen (secondary N) is 1. The van der Waals surface area contributed by atoms with Crippen LogP contribution in [-0.2, 0) is 0 Å². The number of carbonyl (C=O) groups excluding carboxylic acids is 1. The fourth-order valence-electron chi connectivity index (χ4n) is 2.92. The Labute approximate surface area is 170 Å². The summed E-state index contributed by atoms with van der Waals surface area (Å²) in [5.41, 5.74) is 3.46. The fourth-order valence-corrected chi connectivity index (χ4v) is 3.54. The highest BCUT2D eigenvalue weighted by molar-refractivity contribution is 9.10. The standard InChI is InChI=1S/C22H14BrClN2O/c23-17-9-3-6-12-20(17)26-22(27)16-13-21(15-8-1-4-10-18(15)24)25-19-11-5-2-7-14(16)19/h1-13H,(H,26,27). The molecule has 0 saturated carbocycles. The third-order valence-corrected chi connectivity index (χ3v) is 5.25. The number of halogens is 2. The molecule has 0 bridgehead atoms. The predicted molar refractivity (Wildman–Crippen MR) is 114 cm³/mol. The van der Waals surface area contributed by atoms with Crippen molar-refractivity contribution in [3.63, 3.8) is 0 Å². The van der Waals surface area contributed by atoms with Gasteiger partial charge in [-0.1, -0.05) is 60.1 Å². The number of fused-ring (bicyclic) bond motifs is 1. The lowest BCUT2D eigenvalue weighted by atomic mass is 10.0. The third kappa shape index (κ3) is 3.59. The minimum Gasteiger partial charge on any atom is -0.321 e. The molecule has 0 atom stereocenters. The molecule has 0 fully saturated rings. The Morgan fingerprint density at radius 1 is 0.926 bits per heavy atom. The van der Waals surface area contributed by atoms with E-state index in [1.807, 2.05) is 72.8 Å². The number of amides is 1. The zero-order valence-electron chi connectivity index (χ0n) is 14.1. The van der Waals surface area contributed by atoms with Crippen molar-refractivity contribution < 1.29 is 4.79 Å². The van der Waals surface area contributed by atoms with Crippen molar-refractivity contribution in [2.24, 2.45) is 0 Å². The molecule has 0 unspecified atom stereocenters. The predicted octanol–water partition coefficient (Wildman–Crippen LogP) is 6.57. The minimum absolute atomic E-state index is 0.200. The van der Waals surface area contributed by atoms with Crippen LogP contribution in [0.5, 0.6) is 0 Å². The maximum atomic E-state index is 13.1. The normalized spacial score (nSPS) is 10.7. The van der Waals surface area contributed by atoms with Gasteiger partial charge in [0.1, 0.15) is 0 Å². The van der Waals surface area contributed by atoms with E-state index in [0.29, 0.717) is 22.0 Å². The number of pyridine rings is 1. The van der Waals surface area contributed by atoms with Crippen LogP contribution in [0.2, 0.25) is 5.02 Å². The van der Waals surface area contributed by atoms with E-state index >= 15 is 0 Å². The summed E-state index contributed by atoms with van der Waals surface area (Å²) >= 11 is 9.81. The van der Waals surface area contributed by atoms with Gasteiger partial charge in [-0.05, 0) is 46.3 Å². The monoisotopic (exact) mass is 436 g/mol. The van der Waals surface area contributed by atoms with Crippen molar-refractivity contribution >= 4 is 50.0 Å². The van der Waals surface area contributed by atoms with E-state index in [1.54, 1.807) is 6.07 Å². The first-order chi connectivity index (χ1) is 13.1. The lowest BCUT2D eigenvalue weighted by molar-refractivity contribution is 0.102. The van der Waals surface area contributed by atoms with Gasteiger partial charge in [0.15, 0.2) is 0 Å². The molecule has 3 aromatic carbocycles. The number of nitrogens with zero attached hydrogens (tertiary/aromatic N) is 1. The second kappa shape index (κ2) is 7.51. The van der Waals surface area contributed by atoms with Gasteiger partial charge < -0.3 is 5.32 Å². The molecule has 0 aliphatic carbocycles. The van der Waals surface area contributed by atoms with Crippen molar-refractivity contribution in [1.82, 2.24) is 4.98 Å². The molecule has 5 heteroatoms. The van der Waals surface area contributed by atoms with Crippen LogP contribution in [0.1, 0.15) is 10.4 Å². The zero-order valence-corrected chi connectivity index (χ0v) is 16.5. The van der Waals surface area contributed by atoms with Crippen molar-refractivity contribution in [2.75, 3.05) is 5.32 Å². The Kier molecular flexibility index (Phi) is 4.92. The number of hydrogen-bond donors (Lipinski definition) is 1. The van der Waals surface area contributed by atoms with Crippen molar-refractivity contribution in [1.29, 1.82) is 0 Å². The Hall–Kier alpha value is -2.69. The van der Waals surface area contributed by atoms with Gasteiger partial charge in [0.2, 0.25) is 0 Å². The van der Waals surface area contributed by atoms with Gasteiger partial charge in [-0.15, -0.1) is 0 Å². The summed E-state index contributed by atoms with van der Waals surface area (Å²) in [7, 11) is 0. The number of hydrogen-bond acceptors (Lipinski definition) is 2. The van der Waals surface area contributed by atoms with E-state index in [2.05, 4.69) is 21.2 Å². The number of benzene rings is 3. The first kappa shape index (κ1) is 17.7. The van der Waals surface area contributed by atoms with E-state index in [0.717, 1.165) is 20.9 Å². The maximum absolute atomic E-state index is 13.1. The SMILES string of the molecule is O=C(Nc1ccccc1Br)c1cc(-c2ccccc2Cl)nc2ccccc12. The van der Waals surface area contributed by atoms with E-state index in [4.69, 9.17) is 16.6 Å². The van der Waals surface area contributed by atoms with Gasteiger partial charge in [0, 0.05) is 20.4 Å². The van der Waals surface area contributed by atoms with Gasteiger partial charge in [-0.3, -0.25) is 4.79 Å². The van der Waals surface area contributed by atoms with Crippen LogP contribution in [0.4, 0.5) is 5.69 Å². The average Bonchev–Trinajstić information content (AvgIpc) is 2.69. The van der Waals surface area contributed by atoms with Crippen molar-refractivity contribution in [3.8, 4) is 11.3 Å². The van der Waals surface area contributed by atoms with E-state index < -0.39 is 0 Å². The van der Waals surface area contributed by atoms with Crippen molar-refractivity contribution in [2.45, 2.75) is 0 Å². The van der Waals surface area contributed by atoms with Crippen LogP contribution in [0.3, 0.4) is 0 Å². The smallest absolute Gasteiger partial charge is 0.256 e. The highest BCUT2D eigenvalue weighted by atomic mass is 79.9. The molecule has 0 aliphatic rings. The number of para-hydroxylation sites is 2. The summed E-state index contributed by atoms with van der Waals surface area (Å²) < 4.78 is 0.822. The molecule has 1 amide bonds. The van der Waals surface area contributed by atoms with Gasteiger partial charge in [-0.2, -0.15) is 0 Å². The largest absolute Gasteiger partial charge is 0.321 e. The Bertz CT molecular complexity index is 1160. The van der Waals surface area contributed by atoms with Crippen LogP contribution in [0.25, 0.3) is 22.2 Å². The lowest BCUT2D eigenvalue weighted by Gasteiger charge is -2.12. The number of carbonyl (C=O) groups is 1. The Balaban J connectivity index is 1.85. The molecular formula is C22H14BrClN2O. The molecule has 0 spiro atoms. The summed E-state index contributed by atoms with van der Waals surface area (Å²) in [6, 6.07) is 24.4. The molecule has 1 N–H and O–H groups in total. The van der Waals surface area contributed by atoms with Crippen LogP contribution in [0.15, 0.2) is 83.3 Å². The summed E-state index contributed by atoms with van der Waals surface area (Å²) in [6.45, 7) is 0. The maximum Gasteiger partial charge on any atom is 0.256 e. The fraction of sp³-hybridized carbons (Fsp3) is 0. The summed E-state index contributed by atoms with van der Waals surface area (Å²) in [6.07, 6.45) is 0. The second-order valence-electron chi connectivity index (χ2n) is 5.99. The van der Waals surface area contributed by atoms with Gasteiger partial charge in [0.05, 0.1) is 22.5 Å². The molecule has 4 rings (SSSR count). The van der Waals surface area contributed by atoms with E-state index in [-0.39, 0.29) is 5.91 Å². The molecule has 27 heavy (non-hydrogen) atoms. The van der Waals surface area contributed by atoms with Gasteiger partial charge >= 0.3 is 0 Å². The van der Waals surface area contributed by atoms with Crippen LogP contribution < -0.4 is 5.32 Å². The average molecular weight is 438 g/mol. The van der Waals surface area contributed by atoms with E-state index in [1.165, 1.54) is 0 Å². The minimum atomic E-state index is -0.200. The highest BCUT2D eigenvalue weighted by Crippen LogP contribution is 2.30. The van der Waals surface area contributed by atoms with Gasteiger partial charge in [0.25, 0.3) is 5.91 Å². The third-order valence-electron chi connectivity index (χ3n) is 4.23. The zero-order chi connectivity index (χ0) is 18.8. The topological polar surface area (TPSA) is 42.0 Å². The number of aromatic nitrogens is 1. The number of rotatable bonds is 3. The molecule has 4 aromatic rings. The second-order valence-corrected chi connectivity index (χ2v) is 7.25. The van der Waals surface area contributed by atoms with E-state index in [9.17, 15) is 4.79 Å². The first-order valence-corrected chi connectivity index (χ1v) is 9.51. The molecule has 0 radical (unpaired) electrons. The molecule has 132 valence electrons. The molecule has 3 nitrogen and oxygen atoms in total. The molecule has 0 aliphatic heterocycles. The quantitative estimate of drug-likeness (QED) is 0.394. The first-order valence-electron chi connectivity index (χ1n) is 8.34. The molecular weight excluding hydrogens is 424 g/mol. The number of anilines is 1. The van der Waals surface area contributed by atoms with Crippen LogP contribution in [0, 0.1) is 0 Å². The Morgan fingerprint density at radius 3 is 2.44 bits per heavy atom. The highest BCUT2D eigenvalue weighted by Gasteiger charge is 2.16. The summed E-state index contributed by atoms with van der Waals surface area (Å²) in [5, 5.41) is 4.35. The summed E-state index contributed by atoms with van der Waals surface area (Å²) in [5.74, 6) is -0.200. The summed E-state index contributed by atoms with van der Waals surface area (Å²) in [4.78, 5) is 17.8. The molecule has 1 aromatic heterocycles.